The zero-order valence-electron chi connectivity index (χ0n) is 5.72. The largest absolute Gasteiger partial charge is 0.464 e. The molecule has 1 heterocycles. The van der Waals surface area contributed by atoms with Crippen LogP contribution in [-0.2, 0) is 0 Å². The minimum absolute atomic E-state index is 0.908. The van der Waals surface area contributed by atoms with Crippen molar-refractivity contribution in [3.8, 4) is 0 Å². The van der Waals surface area contributed by atoms with E-state index in [2.05, 4.69) is 6.07 Å². The summed E-state index contributed by atoms with van der Waals surface area (Å²) in [6, 6.07) is 9.05. The topological polar surface area (TPSA) is 13.1 Å². The molecule has 0 atom stereocenters. The zero-order chi connectivity index (χ0) is 6.97. The van der Waals surface area contributed by atoms with Gasteiger partial charge in [-0.3, -0.25) is 0 Å². The van der Waals surface area contributed by atoms with Crippen molar-refractivity contribution >= 4 is 11.0 Å². The Labute approximate surface area is 59.3 Å². The molecule has 0 aliphatic carbocycles. The third-order valence-corrected chi connectivity index (χ3v) is 1.51. The van der Waals surface area contributed by atoms with Crippen LogP contribution in [0.1, 0.15) is 5.56 Å². The summed E-state index contributed by atoms with van der Waals surface area (Å²) in [7, 11) is 0. The fraction of sp³-hybridized carbons (Fsp3) is 0.111. The maximum Gasteiger partial charge on any atom is 0.134 e. The average Bonchev–Trinajstić information content (AvgIpc) is 2.33. The Balaban J connectivity index is 2.86. The lowest BCUT2D eigenvalue weighted by molar-refractivity contribution is 0.616. The molecule has 0 amide bonds. The van der Waals surface area contributed by atoms with Crippen molar-refractivity contribution in [2.24, 2.45) is 0 Å². The molecule has 0 saturated carbocycles. The summed E-state index contributed by atoms with van der Waals surface area (Å²) in [6.45, 7) is 2.02. The molecule has 1 aromatic heterocycles. The van der Waals surface area contributed by atoms with Crippen LogP contribution in [0.2, 0.25) is 0 Å². The molecule has 2 rings (SSSR count). The highest BCUT2D eigenvalue weighted by molar-refractivity contribution is 5.76. The van der Waals surface area contributed by atoms with E-state index >= 15 is 0 Å². The molecule has 0 unspecified atom stereocenters. The lowest BCUT2D eigenvalue weighted by Crippen LogP contribution is -1.68. The maximum absolute atomic E-state index is 5.14. The Morgan fingerprint density at radius 1 is 1.30 bits per heavy atom. The Hall–Kier alpha value is -1.24. The molecule has 1 aromatic carbocycles. The number of fused-ring (bicyclic) bond motifs is 1. The van der Waals surface area contributed by atoms with E-state index in [1.165, 1.54) is 0 Å². The van der Waals surface area contributed by atoms with Crippen LogP contribution in [0.25, 0.3) is 11.0 Å². The predicted molar refractivity (Wildman–Crippen MR) is 39.8 cm³/mol. The first-order valence-corrected chi connectivity index (χ1v) is 3.22. The molecule has 1 heteroatoms. The normalized spacial score (nSPS) is 10.5. The van der Waals surface area contributed by atoms with Gasteiger partial charge in [-0.05, 0) is 30.7 Å². The third-order valence-electron chi connectivity index (χ3n) is 1.51. The second-order valence-corrected chi connectivity index (χ2v) is 2.34. The minimum atomic E-state index is 0.908. The molecule has 2 aromatic rings. The Kier molecular flexibility index (Phi) is 1.04. The molecular weight excluding hydrogens is 124 g/mol. The van der Waals surface area contributed by atoms with E-state index < -0.39 is 0 Å². The molecule has 0 fully saturated rings. The van der Waals surface area contributed by atoms with Crippen LogP contribution in [0, 0.1) is 13.0 Å². The van der Waals surface area contributed by atoms with Crippen molar-refractivity contribution in [2.45, 2.75) is 6.92 Å². The van der Waals surface area contributed by atoms with Gasteiger partial charge in [0.2, 0.25) is 0 Å². The van der Waals surface area contributed by atoms with Crippen LogP contribution < -0.4 is 0 Å². The zero-order valence-corrected chi connectivity index (χ0v) is 5.72. The van der Waals surface area contributed by atoms with Gasteiger partial charge in [-0.15, -0.1) is 0 Å². The van der Waals surface area contributed by atoms with Gasteiger partial charge in [0, 0.05) is 5.39 Å². The third kappa shape index (κ3) is 0.711. The highest BCUT2D eigenvalue weighted by atomic mass is 16.3. The number of rotatable bonds is 0. The van der Waals surface area contributed by atoms with Gasteiger partial charge in [-0.2, -0.15) is 0 Å². The van der Waals surface area contributed by atoms with Gasteiger partial charge in [0.1, 0.15) is 5.58 Å². The second-order valence-electron chi connectivity index (χ2n) is 2.34. The molecule has 0 spiro atoms. The molecule has 1 radical (unpaired) electrons. The predicted octanol–water partition coefficient (Wildman–Crippen LogP) is 2.54. The van der Waals surface area contributed by atoms with Crippen molar-refractivity contribution in [3.05, 3.63) is 36.1 Å². The summed E-state index contributed by atoms with van der Waals surface area (Å²) in [4.78, 5) is 0. The quantitative estimate of drug-likeness (QED) is 0.535. The van der Waals surface area contributed by atoms with Crippen LogP contribution in [0.4, 0.5) is 0 Å². The van der Waals surface area contributed by atoms with E-state index in [-0.39, 0.29) is 0 Å². The molecule has 0 N–H and O–H groups in total. The van der Waals surface area contributed by atoms with E-state index in [0.29, 0.717) is 0 Å². The molecular formula is C9H7O. The van der Waals surface area contributed by atoms with Crippen molar-refractivity contribution < 1.29 is 4.42 Å². The second kappa shape index (κ2) is 1.87. The molecule has 0 aliphatic rings. The van der Waals surface area contributed by atoms with Crippen molar-refractivity contribution in [2.75, 3.05) is 0 Å². The average molecular weight is 131 g/mol. The first kappa shape index (κ1) is 5.54. The van der Waals surface area contributed by atoms with Gasteiger partial charge in [-0.1, -0.05) is 6.07 Å². The summed E-state index contributed by atoms with van der Waals surface area (Å²) in [5, 5.41) is 1.06. The standard InChI is InChI=1S/C9H7O/c1-7-2-3-9-8(6-7)4-5-10-9/h2-5H,1H3. The van der Waals surface area contributed by atoms with E-state index in [9.17, 15) is 0 Å². The van der Waals surface area contributed by atoms with Gasteiger partial charge < -0.3 is 4.42 Å². The van der Waals surface area contributed by atoms with Crippen molar-refractivity contribution in [1.29, 1.82) is 0 Å². The van der Waals surface area contributed by atoms with E-state index in [1.807, 2.05) is 25.1 Å². The highest BCUT2D eigenvalue weighted by Crippen LogP contribution is 2.14. The number of aryl methyl sites for hydroxylation is 1. The number of benzene rings is 1. The Bertz CT molecular complexity index is 346. The number of furan rings is 1. The van der Waals surface area contributed by atoms with Gasteiger partial charge in [0.15, 0.2) is 0 Å². The molecule has 10 heavy (non-hydrogen) atoms. The number of hydrogen-bond acceptors (Lipinski definition) is 1. The fourth-order valence-corrected chi connectivity index (χ4v) is 1.01. The van der Waals surface area contributed by atoms with Gasteiger partial charge >= 0.3 is 0 Å². The van der Waals surface area contributed by atoms with Crippen molar-refractivity contribution in [3.63, 3.8) is 0 Å². The summed E-state index contributed by atoms with van der Waals surface area (Å²) < 4.78 is 5.14. The molecule has 49 valence electrons. The van der Waals surface area contributed by atoms with Gasteiger partial charge in [0.25, 0.3) is 0 Å². The SMILES string of the molecule is Cc1[c]c2ccoc2cc1. The Morgan fingerprint density at radius 3 is 3.10 bits per heavy atom. The van der Waals surface area contributed by atoms with Crippen LogP contribution >= 0.6 is 0 Å². The molecule has 0 bridgehead atoms. The fourth-order valence-electron chi connectivity index (χ4n) is 1.01. The Morgan fingerprint density at radius 2 is 2.20 bits per heavy atom. The molecule has 0 saturated heterocycles. The summed E-state index contributed by atoms with van der Waals surface area (Å²) >= 11 is 0. The lowest BCUT2D eigenvalue weighted by Gasteiger charge is -1.88. The van der Waals surface area contributed by atoms with Crippen molar-refractivity contribution in [1.82, 2.24) is 0 Å². The first-order chi connectivity index (χ1) is 4.86. The van der Waals surface area contributed by atoms with E-state index in [4.69, 9.17) is 4.42 Å². The van der Waals surface area contributed by atoms with Crippen LogP contribution in [0.15, 0.2) is 28.9 Å². The maximum atomic E-state index is 5.14. The highest BCUT2D eigenvalue weighted by Gasteiger charge is 1.94. The molecule has 0 aliphatic heterocycles. The van der Waals surface area contributed by atoms with Crippen LogP contribution in [-0.4, -0.2) is 0 Å². The summed E-state index contributed by atoms with van der Waals surface area (Å²) in [6.07, 6.45) is 1.68. The summed E-state index contributed by atoms with van der Waals surface area (Å²) in [5.74, 6) is 0. The smallest absolute Gasteiger partial charge is 0.134 e. The van der Waals surface area contributed by atoms with Crippen LogP contribution in [0.3, 0.4) is 0 Å². The van der Waals surface area contributed by atoms with E-state index in [0.717, 1.165) is 16.5 Å². The monoisotopic (exact) mass is 131 g/mol. The lowest BCUT2D eigenvalue weighted by atomic mass is 10.2. The molecule has 1 nitrogen and oxygen atoms in total. The minimum Gasteiger partial charge on any atom is -0.464 e. The van der Waals surface area contributed by atoms with Gasteiger partial charge in [0.05, 0.1) is 6.26 Å². The van der Waals surface area contributed by atoms with Crippen LogP contribution in [0.5, 0.6) is 0 Å². The number of hydrogen-bond donors (Lipinski definition) is 0. The van der Waals surface area contributed by atoms with E-state index in [1.54, 1.807) is 6.26 Å². The van der Waals surface area contributed by atoms with Gasteiger partial charge in [-0.25, -0.2) is 0 Å². The first-order valence-electron chi connectivity index (χ1n) is 3.22. The summed E-state index contributed by atoms with van der Waals surface area (Å²) in [5.41, 5.74) is 2.06.